The number of benzene rings is 3. The average molecular weight is 1250 g/mol. The summed E-state index contributed by atoms with van der Waals surface area (Å²) in [6.07, 6.45) is -7.98. The number of nitrogens with two attached hydrogens (primary N) is 1. The van der Waals surface area contributed by atoms with Crippen LogP contribution in [0.2, 0.25) is 5.02 Å². The normalized spacial score (nSPS) is 16.6. The second-order valence-corrected chi connectivity index (χ2v) is 24.3. The van der Waals surface area contributed by atoms with Gasteiger partial charge in [0.2, 0.25) is 12.3 Å². The number of pyridine rings is 1. The molecule has 0 spiro atoms. The first-order valence-electron chi connectivity index (χ1n) is 24.5. The van der Waals surface area contributed by atoms with Gasteiger partial charge in [-0.05, 0) is 111 Å². The smallest absolute Gasteiger partial charge is 0.478 e. The molecule has 3 aromatic carbocycles. The highest BCUT2D eigenvalue weighted by molar-refractivity contribution is 8.00. The number of alkyl halides is 8. The van der Waals surface area contributed by atoms with E-state index < -0.39 is 125 Å². The molecule has 2 heterocycles. The molecule has 2 aromatic heterocycles. The van der Waals surface area contributed by atoms with Crippen molar-refractivity contribution in [1.82, 2.24) is 20.1 Å². The second-order valence-electron chi connectivity index (χ2n) is 20.0. The van der Waals surface area contributed by atoms with Crippen LogP contribution in [0.25, 0.3) is 22.0 Å². The highest BCUT2D eigenvalue weighted by atomic mass is 35.5. The molecular formula is C53H55ClF10N7O9PS2. The number of carbonyl (C=O) groups excluding carboxylic acids is 2. The van der Waals surface area contributed by atoms with Crippen LogP contribution in [0.5, 0.6) is 5.75 Å². The first-order chi connectivity index (χ1) is 38.2. The summed E-state index contributed by atoms with van der Waals surface area (Å²) in [4.78, 5) is 66.0. The van der Waals surface area contributed by atoms with Crippen molar-refractivity contribution in [1.29, 1.82) is 0 Å². The number of hydrogen-bond donors (Lipinski definition) is 5. The lowest BCUT2D eigenvalue weighted by molar-refractivity contribution is -0.141. The maximum absolute atomic E-state index is 14.5. The Bertz CT molecular complexity index is 3520. The van der Waals surface area contributed by atoms with Crippen molar-refractivity contribution in [3.63, 3.8) is 0 Å². The Balaban J connectivity index is 0.000000634. The number of carboxylic acids is 1. The van der Waals surface area contributed by atoms with E-state index in [2.05, 4.69) is 32.2 Å². The highest BCUT2D eigenvalue weighted by Gasteiger charge is 2.51. The van der Waals surface area contributed by atoms with Crippen molar-refractivity contribution in [3.05, 3.63) is 116 Å². The molecule has 1 aliphatic rings. The molecule has 0 radical (unpaired) electrons. The minimum Gasteiger partial charge on any atom is -0.478 e. The van der Waals surface area contributed by atoms with Gasteiger partial charge in [0, 0.05) is 76.4 Å². The number of phosphoric acid groups is 1. The van der Waals surface area contributed by atoms with Crippen molar-refractivity contribution in [3.8, 4) is 28.7 Å². The van der Waals surface area contributed by atoms with Gasteiger partial charge in [0.05, 0.1) is 33.2 Å². The average Bonchev–Trinajstić information content (AvgIpc) is 4.00. The first-order valence-corrected chi connectivity index (χ1v) is 29.1. The zero-order chi connectivity index (χ0) is 62.7. The number of nitrogens with one attached hydrogen (secondary N) is 1. The van der Waals surface area contributed by atoms with Crippen molar-refractivity contribution in [2.24, 2.45) is 16.6 Å². The Labute approximate surface area is 481 Å². The zero-order valence-corrected chi connectivity index (χ0v) is 48.8. The van der Waals surface area contributed by atoms with E-state index in [1.807, 2.05) is 0 Å². The summed E-state index contributed by atoms with van der Waals surface area (Å²) in [7, 11) is -6.70. The van der Waals surface area contributed by atoms with Crippen molar-refractivity contribution in [2.45, 2.75) is 109 Å². The number of phosphoric ester groups is 1. The van der Waals surface area contributed by atoms with Crippen LogP contribution in [-0.4, -0.2) is 99.9 Å². The summed E-state index contributed by atoms with van der Waals surface area (Å²) in [5.74, 6) is -3.45. The van der Waals surface area contributed by atoms with E-state index in [1.54, 1.807) is 13.8 Å². The number of allylic oxidation sites excluding steroid dienone is 2. The van der Waals surface area contributed by atoms with Gasteiger partial charge in [-0.2, -0.15) is 40.2 Å². The topological polar surface area (TPSA) is 240 Å². The number of amides is 2. The molecule has 0 aliphatic heterocycles. The molecule has 2 amide bonds. The number of aliphatic imine (C=N–C) groups is 1. The van der Waals surface area contributed by atoms with Crippen LogP contribution in [-0.2, 0) is 43.3 Å². The van der Waals surface area contributed by atoms with Crippen LogP contribution >= 0.6 is 31.4 Å². The van der Waals surface area contributed by atoms with Gasteiger partial charge in [-0.25, -0.2) is 27.4 Å². The van der Waals surface area contributed by atoms with Gasteiger partial charge in [0.15, 0.2) is 5.82 Å². The van der Waals surface area contributed by atoms with Gasteiger partial charge in [0.25, 0.3) is 5.92 Å². The van der Waals surface area contributed by atoms with Crippen molar-refractivity contribution >= 4 is 82.9 Å². The molecule has 6 N–H and O–H groups in total. The molecule has 450 valence electrons. The Hall–Kier alpha value is -6.50. The fourth-order valence-corrected chi connectivity index (χ4v) is 10.6. The van der Waals surface area contributed by atoms with Gasteiger partial charge in [-0.3, -0.25) is 33.3 Å². The number of aromatic nitrogens is 3. The third kappa shape index (κ3) is 16.4. The van der Waals surface area contributed by atoms with Gasteiger partial charge in [-0.15, -0.1) is 0 Å². The van der Waals surface area contributed by atoms with E-state index in [1.165, 1.54) is 77.5 Å². The molecule has 16 nitrogen and oxygen atoms in total. The molecule has 1 aliphatic carbocycles. The van der Waals surface area contributed by atoms with E-state index in [0.717, 1.165) is 34.5 Å². The Morgan fingerprint density at radius 3 is 2.20 bits per heavy atom. The van der Waals surface area contributed by atoms with E-state index in [0.29, 0.717) is 17.2 Å². The number of hydrogen-bond acceptors (Lipinski definition) is 11. The summed E-state index contributed by atoms with van der Waals surface area (Å²) in [5.41, 5.74) is 0.561. The number of carbonyl (C=O) groups is 3. The Kier molecular flexibility index (Phi) is 20.9. The second kappa shape index (κ2) is 25.8. The predicted octanol–water partition coefficient (Wildman–Crippen LogP) is 11.5. The largest absolute Gasteiger partial charge is 0.524 e. The quantitative estimate of drug-likeness (QED) is 0.0192. The maximum atomic E-state index is 14.5. The number of fused-ring (bicyclic) bond motifs is 1. The number of anilines is 1. The van der Waals surface area contributed by atoms with Crippen molar-refractivity contribution in [2.75, 3.05) is 23.4 Å². The minimum absolute atomic E-state index is 0.00766. The van der Waals surface area contributed by atoms with Gasteiger partial charge in [0.1, 0.15) is 45.8 Å². The Morgan fingerprint density at radius 1 is 1.06 bits per heavy atom. The molecule has 0 saturated heterocycles. The molecule has 1 saturated carbocycles. The van der Waals surface area contributed by atoms with Crippen molar-refractivity contribution < 1.29 is 86.5 Å². The van der Waals surface area contributed by atoms with E-state index in [-0.39, 0.29) is 79.5 Å². The summed E-state index contributed by atoms with van der Waals surface area (Å²) >= 11 is 7.55. The highest BCUT2D eigenvalue weighted by Crippen LogP contribution is 2.48. The van der Waals surface area contributed by atoms with Gasteiger partial charge >= 0.3 is 26.1 Å². The van der Waals surface area contributed by atoms with Gasteiger partial charge < -0.3 is 20.7 Å². The standard InChI is InChI=1S/C43H42ClF5N5O9PS2.C10H13F5N2/c1-23-14-25(40(57)58)18-33(63-64(59,60)61)36(23)41(2,3)20-34(56)54(65-6)39-35-31(44)11-10-30(38(35)53(52-39)21-43(47,48)49)29-9-8-28(12-13-42(4,5)66(7)62)51-37(29)32(50-22-55)17-24-15-26(45)19-27(46)16-24;1-3-17-8-6(7(16)10(13,14)15)5(2)4-9(8,11)12/h8-11,14-16,18-19,22,32H,17,20-21H2,1-7H3,(H,50,55)(H,57,58)(H2,59,60,61);5H,3-4,16H2,1-2H3/b;7-6-,17-8?/t;5-/m.0/s1. The third-order valence-corrected chi connectivity index (χ3v) is 15.8. The van der Waals surface area contributed by atoms with Crippen LogP contribution < -0.4 is 19.9 Å². The number of aromatic carboxylic acids is 1. The molecule has 6 rings (SSSR count). The summed E-state index contributed by atoms with van der Waals surface area (Å²) in [5, 5.41) is 16.2. The molecular weight excluding hydrogens is 1200 g/mol. The van der Waals surface area contributed by atoms with Crippen LogP contribution in [0.15, 0.2) is 70.9 Å². The van der Waals surface area contributed by atoms with Crippen LogP contribution in [0.3, 0.4) is 0 Å². The molecule has 0 bridgehead atoms. The van der Waals surface area contributed by atoms with E-state index >= 15 is 0 Å². The van der Waals surface area contributed by atoms with Gasteiger partial charge in [-0.1, -0.05) is 44.4 Å². The monoisotopic (exact) mass is 1250 g/mol. The van der Waals surface area contributed by atoms with Crippen LogP contribution in [0.1, 0.15) is 98.9 Å². The number of carboxylic acid groups (broad SMARTS) is 1. The fraction of sp³-hybridized carbons (Fsp3) is 0.396. The molecule has 5 aromatic rings. The molecule has 1 fully saturated rings. The minimum atomic E-state index is -5.28. The zero-order valence-electron chi connectivity index (χ0n) is 45.5. The third-order valence-electron chi connectivity index (χ3n) is 12.7. The molecule has 83 heavy (non-hydrogen) atoms. The predicted molar refractivity (Wildman–Crippen MR) is 294 cm³/mol. The number of aryl methyl sites for hydroxylation is 1. The molecule has 2 unspecified atom stereocenters. The fourth-order valence-electron chi connectivity index (χ4n) is 9.22. The SMILES string of the molecule is CCN=C1/C(=C(\N)C(F)(F)F)[C@@H](C)CC1(F)F.CSN(C(=O)CC(C)(C)c1c(C)cc(C(=O)O)cc1OP(=O)(O)O)c1nn(CC(F)(F)F)c2c(-c3ccc(C#CC(C)(C)S(C)=O)nc3C(Cc3cc(F)cc(F)c3)NC=O)ccc(Cl)c12. The van der Waals surface area contributed by atoms with E-state index in [9.17, 15) is 82.0 Å². The lowest BCUT2D eigenvalue weighted by atomic mass is 9.78. The van der Waals surface area contributed by atoms with Crippen LogP contribution in [0, 0.1) is 36.3 Å². The number of rotatable bonds is 17. The first kappa shape index (κ1) is 67.3. The lowest BCUT2D eigenvalue weighted by Gasteiger charge is -2.31. The molecule has 30 heteroatoms. The number of halogens is 11. The summed E-state index contributed by atoms with van der Waals surface area (Å²) in [6.45, 7) is 8.79. The summed E-state index contributed by atoms with van der Waals surface area (Å²) < 4.78 is 166. The number of nitrogens with zero attached hydrogens (tertiary/aromatic N) is 5. The lowest BCUT2D eigenvalue weighted by Crippen LogP contribution is -2.32. The Morgan fingerprint density at radius 2 is 1.67 bits per heavy atom. The maximum Gasteiger partial charge on any atom is 0.524 e. The van der Waals surface area contributed by atoms with Crippen LogP contribution in [0.4, 0.5) is 49.7 Å². The van der Waals surface area contributed by atoms with E-state index in [4.69, 9.17) is 21.9 Å². The molecule has 3 atom stereocenters. The summed E-state index contributed by atoms with van der Waals surface area (Å²) in [6, 6.07) is 9.24.